The molecule has 182 valence electrons. The summed E-state index contributed by atoms with van der Waals surface area (Å²) >= 11 is 1.66. The van der Waals surface area contributed by atoms with E-state index in [2.05, 4.69) is 5.10 Å². The summed E-state index contributed by atoms with van der Waals surface area (Å²) in [7, 11) is 3.53. The first-order chi connectivity index (χ1) is 17.0. The van der Waals surface area contributed by atoms with Crippen LogP contribution in [0, 0.1) is 6.92 Å². The molecule has 1 amide bonds. The standard InChI is InChI=1S/C27H30N4O3S/c1-5-31(15-18-8-11-23(24(13-18)33-4)34-16-20-7-6-12-35-20)27(32)21-14-22(19-9-10-19)28-26-25(21)17(2)29-30(26)3/h6-8,11-14,19H,5,9-10,15-16H2,1-4H3. The van der Waals surface area contributed by atoms with Gasteiger partial charge in [-0.15, -0.1) is 11.3 Å². The van der Waals surface area contributed by atoms with E-state index in [4.69, 9.17) is 14.5 Å². The van der Waals surface area contributed by atoms with Crippen molar-refractivity contribution in [1.82, 2.24) is 19.7 Å². The Bertz CT molecular complexity index is 1360. The molecule has 5 rings (SSSR count). The molecule has 0 bridgehead atoms. The molecule has 4 aromatic rings. The second kappa shape index (κ2) is 9.70. The Balaban J connectivity index is 1.40. The van der Waals surface area contributed by atoms with Crippen molar-refractivity contribution < 1.29 is 14.3 Å². The molecule has 0 radical (unpaired) electrons. The first-order valence-electron chi connectivity index (χ1n) is 11.9. The summed E-state index contributed by atoms with van der Waals surface area (Å²) in [6, 6.07) is 11.9. The summed E-state index contributed by atoms with van der Waals surface area (Å²) in [4.78, 5) is 21.7. The van der Waals surface area contributed by atoms with Gasteiger partial charge in [0.1, 0.15) is 6.61 Å². The number of hydrogen-bond acceptors (Lipinski definition) is 6. The number of thiophene rings is 1. The molecule has 0 N–H and O–H groups in total. The van der Waals surface area contributed by atoms with E-state index in [9.17, 15) is 4.79 Å². The van der Waals surface area contributed by atoms with Crippen molar-refractivity contribution >= 4 is 28.3 Å². The van der Waals surface area contributed by atoms with Crippen molar-refractivity contribution in [2.24, 2.45) is 7.05 Å². The normalized spacial score (nSPS) is 13.3. The van der Waals surface area contributed by atoms with Crippen LogP contribution in [0.4, 0.5) is 0 Å². The number of nitrogens with zero attached hydrogens (tertiary/aromatic N) is 4. The summed E-state index contributed by atoms with van der Waals surface area (Å²) in [5.41, 5.74) is 4.27. The highest BCUT2D eigenvalue weighted by atomic mass is 32.1. The van der Waals surface area contributed by atoms with Gasteiger partial charge in [0.15, 0.2) is 17.1 Å². The van der Waals surface area contributed by atoms with Crippen LogP contribution in [0.15, 0.2) is 41.8 Å². The van der Waals surface area contributed by atoms with Crippen LogP contribution in [0.25, 0.3) is 11.0 Å². The van der Waals surface area contributed by atoms with Gasteiger partial charge in [-0.2, -0.15) is 5.10 Å². The van der Waals surface area contributed by atoms with Crippen LogP contribution in [0.3, 0.4) is 0 Å². The lowest BCUT2D eigenvalue weighted by Crippen LogP contribution is -2.30. The smallest absolute Gasteiger partial charge is 0.255 e. The van der Waals surface area contributed by atoms with Gasteiger partial charge >= 0.3 is 0 Å². The number of amides is 1. The number of hydrogen-bond donors (Lipinski definition) is 0. The number of ether oxygens (including phenoxy) is 2. The Morgan fingerprint density at radius 3 is 2.74 bits per heavy atom. The summed E-state index contributed by atoms with van der Waals surface area (Å²) < 4.78 is 13.3. The lowest BCUT2D eigenvalue weighted by atomic mass is 10.1. The Labute approximate surface area is 209 Å². The van der Waals surface area contributed by atoms with E-state index in [0.29, 0.717) is 42.7 Å². The van der Waals surface area contributed by atoms with Crippen molar-refractivity contribution in [3.05, 3.63) is 69.2 Å². The number of methoxy groups -OCH3 is 1. The first-order valence-corrected chi connectivity index (χ1v) is 12.8. The van der Waals surface area contributed by atoms with Gasteiger partial charge in [0, 0.05) is 36.6 Å². The molecule has 0 unspecified atom stereocenters. The minimum atomic E-state index is -0.00473. The van der Waals surface area contributed by atoms with Crippen LogP contribution in [-0.4, -0.2) is 39.2 Å². The fourth-order valence-corrected chi connectivity index (χ4v) is 5.03. The van der Waals surface area contributed by atoms with E-state index in [1.807, 2.05) is 67.6 Å². The monoisotopic (exact) mass is 490 g/mol. The molecule has 1 aliphatic rings. The molecule has 1 aromatic carbocycles. The fourth-order valence-electron chi connectivity index (χ4n) is 4.41. The van der Waals surface area contributed by atoms with E-state index in [0.717, 1.165) is 45.7 Å². The lowest BCUT2D eigenvalue weighted by Gasteiger charge is -2.22. The second-order valence-electron chi connectivity index (χ2n) is 8.95. The third-order valence-electron chi connectivity index (χ3n) is 6.43. The van der Waals surface area contributed by atoms with Crippen LogP contribution < -0.4 is 9.47 Å². The van der Waals surface area contributed by atoms with Crippen LogP contribution in [0.1, 0.15) is 57.9 Å². The van der Waals surface area contributed by atoms with Gasteiger partial charge in [0.05, 0.1) is 23.8 Å². The van der Waals surface area contributed by atoms with Gasteiger partial charge in [-0.1, -0.05) is 12.1 Å². The maximum absolute atomic E-state index is 13.8. The Morgan fingerprint density at radius 2 is 2.06 bits per heavy atom. The van der Waals surface area contributed by atoms with E-state index in [1.165, 1.54) is 0 Å². The highest BCUT2D eigenvalue weighted by molar-refractivity contribution is 7.09. The zero-order valence-corrected chi connectivity index (χ0v) is 21.4. The van der Waals surface area contributed by atoms with Crippen LogP contribution in [-0.2, 0) is 20.2 Å². The molecule has 1 saturated carbocycles. The van der Waals surface area contributed by atoms with Crippen LogP contribution >= 0.6 is 11.3 Å². The lowest BCUT2D eigenvalue weighted by molar-refractivity contribution is 0.0754. The molecule has 8 heteroatoms. The molecule has 0 saturated heterocycles. The van der Waals surface area contributed by atoms with Gasteiger partial charge < -0.3 is 14.4 Å². The molecular weight excluding hydrogens is 460 g/mol. The van der Waals surface area contributed by atoms with E-state index >= 15 is 0 Å². The maximum atomic E-state index is 13.8. The second-order valence-corrected chi connectivity index (χ2v) is 9.98. The van der Waals surface area contributed by atoms with E-state index in [-0.39, 0.29) is 5.91 Å². The summed E-state index contributed by atoms with van der Waals surface area (Å²) in [5, 5.41) is 7.42. The molecule has 0 atom stereocenters. The molecule has 3 aromatic heterocycles. The number of carbonyl (C=O) groups excluding carboxylic acids is 1. The molecule has 35 heavy (non-hydrogen) atoms. The minimum absolute atomic E-state index is 0.00473. The van der Waals surface area contributed by atoms with Crippen molar-refractivity contribution in [2.75, 3.05) is 13.7 Å². The van der Waals surface area contributed by atoms with Crippen LogP contribution in [0.5, 0.6) is 11.5 Å². The van der Waals surface area contributed by atoms with Crippen molar-refractivity contribution in [3.63, 3.8) is 0 Å². The third kappa shape index (κ3) is 4.75. The summed E-state index contributed by atoms with van der Waals surface area (Å²) in [6.45, 7) is 5.49. The molecule has 7 nitrogen and oxygen atoms in total. The molecular formula is C27H30N4O3S. The van der Waals surface area contributed by atoms with Gasteiger partial charge in [-0.05, 0) is 61.9 Å². The van der Waals surface area contributed by atoms with Crippen molar-refractivity contribution in [1.29, 1.82) is 0 Å². The number of carbonyl (C=O) groups is 1. The van der Waals surface area contributed by atoms with Gasteiger partial charge in [-0.25, -0.2) is 4.98 Å². The van der Waals surface area contributed by atoms with Crippen molar-refractivity contribution in [3.8, 4) is 11.5 Å². The minimum Gasteiger partial charge on any atom is -0.493 e. The SMILES string of the molecule is CCN(Cc1ccc(OCc2cccs2)c(OC)c1)C(=O)c1cc(C2CC2)nc2c1c(C)nn2C. The van der Waals surface area contributed by atoms with Gasteiger partial charge in [-0.3, -0.25) is 9.48 Å². The Kier molecular flexibility index (Phi) is 6.47. The Hall–Kier alpha value is -3.39. The topological polar surface area (TPSA) is 69.5 Å². The highest BCUT2D eigenvalue weighted by Gasteiger charge is 2.29. The highest BCUT2D eigenvalue weighted by Crippen LogP contribution is 2.40. The molecule has 1 aliphatic carbocycles. The molecule has 0 aliphatic heterocycles. The summed E-state index contributed by atoms with van der Waals surface area (Å²) in [6.07, 6.45) is 2.25. The number of aryl methyl sites for hydroxylation is 2. The molecule has 1 fully saturated rings. The number of fused-ring (bicyclic) bond motifs is 1. The average molecular weight is 491 g/mol. The average Bonchev–Trinajstić information content (AvgIpc) is 3.51. The predicted molar refractivity (Wildman–Crippen MR) is 137 cm³/mol. The number of benzene rings is 1. The largest absolute Gasteiger partial charge is 0.493 e. The predicted octanol–water partition coefficient (Wildman–Crippen LogP) is 5.47. The fraction of sp³-hybridized carbons (Fsp3) is 0.370. The van der Waals surface area contributed by atoms with Gasteiger partial charge in [0.2, 0.25) is 0 Å². The summed E-state index contributed by atoms with van der Waals surface area (Å²) in [5.74, 6) is 1.79. The first kappa shape index (κ1) is 23.4. The van der Waals surface area contributed by atoms with Crippen LogP contribution in [0.2, 0.25) is 0 Å². The molecule has 0 spiro atoms. The Morgan fingerprint density at radius 1 is 1.23 bits per heavy atom. The number of rotatable bonds is 9. The van der Waals surface area contributed by atoms with E-state index in [1.54, 1.807) is 23.1 Å². The van der Waals surface area contributed by atoms with Crippen molar-refractivity contribution in [2.45, 2.75) is 45.8 Å². The number of pyridine rings is 1. The zero-order valence-electron chi connectivity index (χ0n) is 20.6. The quantitative estimate of drug-likeness (QED) is 0.311. The van der Waals surface area contributed by atoms with E-state index < -0.39 is 0 Å². The third-order valence-corrected chi connectivity index (χ3v) is 7.28. The number of aromatic nitrogens is 3. The maximum Gasteiger partial charge on any atom is 0.255 e. The zero-order chi connectivity index (χ0) is 24.5. The van der Waals surface area contributed by atoms with Gasteiger partial charge in [0.25, 0.3) is 5.91 Å². The molecule has 3 heterocycles.